The Labute approximate surface area is 795 Å². The molecule has 0 bridgehead atoms. The molecule has 137 heavy (non-hydrogen) atoms. The molecule has 3 aliphatic rings. The number of hydrogen-bond donors (Lipinski definition) is 14. The molecule has 3 aliphatic heterocycles. The van der Waals surface area contributed by atoms with Crippen LogP contribution in [0.15, 0.2) is 152 Å². The van der Waals surface area contributed by atoms with Crippen LogP contribution in [-0.4, -0.2) is 285 Å². The summed E-state index contributed by atoms with van der Waals surface area (Å²) in [5.41, 5.74) is 7.99. The number of likely N-dealkylation sites (N-methyl/N-ethyl adjacent to an activating group) is 3. The maximum atomic E-state index is 15.9. The SMILES string of the molecule is CCCC[C@H]1C(=O)N2CCC[C@@H]2C(=O)N[C@@H](COC=O)C(=O)N[C@@H](C(C)C)C(=O)N(C)[C@@H](Cc2ccccc2)C(=O)N[C@@H](Cc2ccc(O)cc2)C(=O)N2CCNC[C@@H]2C(=O)N[C@@H](Cc2c[nH]c3ccccc23)C(=O)N[C@@H](Cc2ccc(O)cc2)C(=O)N[C@@H](CC(C)C)C(=O)N[C@H](C(=O)NCC(N)=O)CSCC(=O)N[C@@H](Cc2cc(F)c(F)c(F)c2)C(=O)N(C)[C@@H](Cc2ccccc2)C(=O)N1C. The van der Waals surface area contributed by atoms with Crippen LogP contribution in [0.25, 0.3) is 10.9 Å². The monoisotopic (exact) mass is 1920 g/mol. The van der Waals surface area contributed by atoms with E-state index < -0.39 is 228 Å². The second-order valence-corrected chi connectivity index (χ2v) is 36.2. The number of aromatic nitrogens is 1. The number of nitrogens with one attached hydrogen (secondary N) is 11. The molecule has 13 atom stereocenters. The number of aromatic amines is 1. The lowest BCUT2D eigenvalue weighted by atomic mass is 9.98. The van der Waals surface area contributed by atoms with Crippen molar-refractivity contribution in [2.75, 3.05) is 72.0 Å². The number of benzene rings is 6. The fourth-order valence-corrected chi connectivity index (χ4v) is 17.7. The largest absolute Gasteiger partial charge is 0.508 e. The number of ether oxygens (including phenoxy) is 1. The van der Waals surface area contributed by atoms with E-state index in [1.807, 2.05) is 6.92 Å². The molecule has 10 rings (SSSR count). The minimum atomic E-state index is -1.86. The Balaban J connectivity index is 1.06. The number of unbranched alkanes of at least 4 members (excludes halogenated alkanes) is 1. The van der Waals surface area contributed by atoms with Gasteiger partial charge in [0.25, 0.3) is 6.47 Å². The number of nitrogens with zero attached hydrogens (tertiary/aromatic N) is 5. The van der Waals surface area contributed by atoms with Crippen LogP contribution in [0.1, 0.15) is 107 Å². The normalized spacial score (nSPS) is 23.3. The van der Waals surface area contributed by atoms with Crippen molar-refractivity contribution in [3.8, 4) is 11.5 Å². The number of aromatic hydroxyl groups is 2. The number of halogens is 3. The third-order valence-corrected chi connectivity index (χ3v) is 25.4. The fourth-order valence-electron chi connectivity index (χ4n) is 16.8. The number of carbonyl (C=O) groups is 16. The van der Waals surface area contributed by atoms with Gasteiger partial charge < -0.3 is 103 Å². The van der Waals surface area contributed by atoms with Gasteiger partial charge in [0.2, 0.25) is 88.6 Å². The highest BCUT2D eigenvalue weighted by molar-refractivity contribution is 8.00. The number of H-pyrrole nitrogens is 1. The molecule has 4 heterocycles. The van der Waals surface area contributed by atoms with Crippen LogP contribution in [0.4, 0.5) is 13.2 Å². The zero-order chi connectivity index (χ0) is 99.4. The zero-order valence-electron chi connectivity index (χ0n) is 77.5. The lowest BCUT2D eigenvalue weighted by Gasteiger charge is -2.39. The summed E-state index contributed by atoms with van der Waals surface area (Å²) in [4.78, 5) is 248. The number of thioether (sulfide) groups is 1. The van der Waals surface area contributed by atoms with E-state index in [2.05, 4.69) is 58.2 Å². The van der Waals surface area contributed by atoms with E-state index in [0.717, 1.165) is 14.7 Å². The standard InChI is InChI=1S/C97H120F3N17O19S/c1-9-10-26-77-96(134)116-37-19-27-76(116)90(128)110-74(51-136-54-118)89(127)112-84(56(4)5)97(135)114(7)78(45-57-20-13-11-14-21-57)91(129)109-73(43-60-30-34-64(120)35-31-60)94(132)117-38-36-102-49-80(117)92(130)108-71(47-62-48-103-68-25-18-17-24-65(62)68)88(126)107-70(42-59-28-32-63(119)33-29-59)87(125)106-69(39-55(2)3)86(124)111-75(85(123)104-50-81(101)121)52-137-53-82(122)105-72(44-61-40-66(98)83(100)67(99)41-61)93(131)115(8)79(95(133)113(77)6)46-58-22-15-12-16-23-58/h11-18,20-25,28-35,40-41,48,54-56,69-80,84,102-103,119-120H,9-10,19,26-27,36-39,42-47,49-53H2,1-8H3,(H2,101,121)(H,104,123)(H,105,122)(H,106,125)(H,107,126)(H,108,130)(H,109,129)(H,110,128)(H,111,124)(H,112,127)/t69-,70-,71-,72-,73-,74-,75-,76+,77-,78-,79-,80+,84-/m0/s1. The number of primary amides is 1. The number of rotatable bonds is 24. The molecule has 1 aromatic heterocycles. The van der Waals surface area contributed by atoms with Gasteiger partial charge in [-0.1, -0.05) is 151 Å². The lowest BCUT2D eigenvalue weighted by Crippen LogP contribution is -2.66. The van der Waals surface area contributed by atoms with Crippen molar-refractivity contribution in [3.63, 3.8) is 0 Å². The van der Waals surface area contributed by atoms with Crippen molar-refractivity contribution >= 4 is 118 Å². The molecule has 0 saturated carbocycles. The Morgan fingerprint density at radius 3 is 1.65 bits per heavy atom. The maximum Gasteiger partial charge on any atom is 0.293 e. The molecule has 6 aromatic carbocycles. The highest BCUT2D eigenvalue weighted by Gasteiger charge is 2.46. The lowest BCUT2D eigenvalue weighted by molar-refractivity contribution is -0.152. The van der Waals surface area contributed by atoms with Crippen molar-refractivity contribution in [1.29, 1.82) is 0 Å². The Morgan fingerprint density at radius 2 is 1.04 bits per heavy atom. The number of hydrogen-bond acceptors (Lipinski definition) is 21. The Kier molecular flexibility index (Phi) is 38.4. The predicted molar refractivity (Wildman–Crippen MR) is 500 cm³/mol. The Hall–Kier alpha value is -13.9. The number of carbonyl (C=O) groups excluding carboxylic acids is 16. The Bertz CT molecular complexity index is 5430. The summed E-state index contributed by atoms with van der Waals surface area (Å²) < 4.78 is 50.3. The first kappa shape index (κ1) is 105. The molecular formula is C97H120F3N17O19S. The van der Waals surface area contributed by atoms with E-state index in [9.17, 15) is 43.4 Å². The second-order valence-electron chi connectivity index (χ2n) is 35.2. The molecule has 7 aromatic rings. The van der Waals surface area contributed by atoms with Crippen LogP contribution in [0.2, 0.25) is 0 Å². The summed E-state index contributed by atoms with van der Waals surface area (Å²) >= 11 is 0.681. The minimum Gasteiger partial charge on any atom is -0.508 e. The third kappa shape index (κ3) is 29.1. The maximum absolute atomic E-state index is 15.9. The van der Waals surface area contributed by atoms with Crippen LogP contribution in [-0.2, 0) is 120 Å². The number of para-hydroxylation sites is 1. The second kappa shape index (κ2) is 50.1. The summed E-state index contributed by atoms with van der Waals surface area (Å²) in [6.07, 6.45) is 0.251. The van der Waals surface area contributed by atoms with Crippen LogP contribution >= 0.6 is 11.8 Å². The van der Waals surface area contributed by atoms with Crippen LogP contribution in [0, 0.1) is 29.3 Å². The van der Waals surface area contributed by atoms with Crippen molar-refractivity contribution in [2.45, 2.75) is 190 Å². The van der Waals surface area contributed by atoms with Gasteiger partial charge in [-0.2, -0.15) is 0 Å². The number of fused-ring (bicyclic) bond motifs is 3. The molecule has 40 heteroatoms. The number of piperazine rings is 1. The van der Waals surface area contributed by atoms with E-state index in [-0.39, 0.29) is 108 Å². The van der Waals surface area contributed by atoms with E-state index in [0.29, 0.717) is 75.5 Å². The van der Waals surface area contributed by atoms with Gasteiger partial charge in [-0.05, 0) is 113 Å². The summed E-state index contributed by atoms with van der Waals surface area (Å²) in [7, 11) is 3.83. The average molecular weight is 1920 g/mol. The molecule has 0 spiro atoms. The Morgan fingerprint density at radius 1 is 0.533 bits per heavy atom. The fraction of sp³-hybridized carbons (Fsp3) is 0.443. The van der Waals surface area contributed by atoms with Crippen LogP contribution in [0.3, 0.4) is 0 Å². The summed E-state index contributed by atoms with van der Waals surface area (Å²) in [5, 5.41) is 48.8. The third-order valence-electron chi connectivity index (χ3n) is 24.3. The molecule has 15 amide bonds. The van der Waals surface area contributed by atoms with Crippen molar-refractivity contribution < 1.29 is 105 Å². The highest BCUT2D eigenvalue weighted by Crippen LogP contribution is 2.28. The zero-order valence-corrected chi connectivity index (χ0v) is 78.3. The van der Waals surface area contributed by atoms with E-state index >= 15 is 56.7 Å². The number of amides is 15. The first-order valence-corrected chi connectivity index (χ1v) is 46.6. The molecule has 0 radical (unpaired) electrons. The topological polar surface area (TPSA) is 501 Å². The van der Waals surface area contributed by atoms with Gasteiger partial charge in [0, 0.05) is 109 Å². The molecule has 0 unspecified atom stereocenters. The molecule has 3 fully saturated rings. The first-order valence-electron chi connectivity index (χ1n) is 45.5. The predicted octanol–water partition coefficient (Wildman–Crippen LogP) is 2.32. The first-order chi connectivity index (χ1) is 65.4. The van der Waals surface area contributed by atoms with Gasteiger partial charge >= 0.3 is 0 Å². The molecular weight excluding hydrogens is 1800 g/mol. The molecule has 3 saturated heterocycles. The van der Waals surface area contributed by atoms with E-state index in [4.69, 9.17) is 10.5 Å². The van der Waals surface area contributed by atoms with Gasteiger partial charge in [0.15, 0.2) is 17.5 Å². The smallest absolute Gasteiger partial charge is 0.293 e. The van der Waals surface area contributed by atoms with Gasteiger partial charge in [-0.25, -0.2) is 13.2 Å². The summed E-state index contributed by atoms with van der Waals surface area (Å²) in [6, 6.07) is 15.7. The van der Waals surface area contributed by atoms with Crippen molar-refractivity contribution in [1.82, 2.24) is 82.7 Å². The molecule has 36 nitrogen and oxygen atoms in total. The van der Waals surface area contributed by atoms with Crippen LogP contribution in [0.5, 0.6) is 11.5 Å². The van der Waals surface area contributed by atoms with Gasteiger partial charge in [-0.3, -0.25) is 76.7 Å². The van der Waals surface area contributed by atoms with Gasteiger partial charge in [-0.15, -0.1) is 11.8 Å². The highest BCUT2D eigenvalue weighted by atomic mass is 32.2. The molecule has 734 valence electrons. The van der Waals surface area contributed by atoms with E-state index in [1.165, 1.54) is 79.5 Å². The van der Waals surface area contributed by atoms with E-state index in [1.54, 1.807) is 119 Å². The van der Waals surface area contributed by atoms with Crippen LogP contribution < -0.4 is 58.9 Å². The summed E-state index contributed by atoms with van der Waals surface area (Å²) in [6.45, 7) is 6.46. The van der Waals surface area contributed by atoms with Gasteiger partial charge in [0.1, 0.15) is 96.6 Å². The van der Waals surface area contributed by atoms with Gasteiger partial charge in [0.05, 0.1) is 12.3 Å². The number of phenolic OH excluding ortho intramolecular Hbond substituents is 2. The minimum absolute atomic E-state index is 0.00236. The van der Waals surface area contributed by atoms with Crippen molar-refractivity contribution in [3.05, 3.63) is 203 Å². The number of phenols is 2. The molecule has 15 N–H and O–H groups in total. The summed E-state index contributed by atoms with van der Waals surface area (Å²) in [5.74, 6) is -22.1. The molecule has 0 aliphatic carbocycles. The number of nitrogens with two attached hydrogens (primary N) is 1. The van der Waals surface area contributed by atoms with Crippen molar-refractivity contribution in [2.24, 2.45) is 17.6 Å². The average Bonchev–Trinajstić information content (AvgIpc) is 1.70. The quantitative estimate of drug-likeness (QED) is 0.0305.